The van der Waals surface area contributed by atoms with E-state index >= 15 is 0 Å². The first-order valence-corrected chi connectivity index (χ1v) is 6.50. The van der Waals surface area contributed by atoms with Crippen LogP contribution < -0.4 is 10.2 Å². The van der Waals surface area contributed by atoms with Gasteiger partial charge in [-0.15, -0.1) is 0 Å². The Morgan fingerprint density at radius 3 is 2.29 bits per heavy atom. The summed E-state index contributed by atoms with van der Waals surface area (Å²) in [6.07, 6.45) is 0. The fraction of sp³-hybridized carbons (Fsp3) is 0.429. The monoisotopic (exact) mass is 291 g/mol. The number of hydrogen-bond donors (Lipinski definition) is 2. The van der Waals surface area contributed by atoms with Crippen LogP contribution in [0.2, 0.25) is 0 Å². The highest BCUT2D eigenvalue weighted by molar-refractivity contribution is 6.02. The van der Waals surface area contributed by atoms with Gasteiger partial charge in [0.15, 0.2) is 0 Å². The smallest absolute Gasteiger partial charge is 0.335 e. The highest BCUT2D eigenvalue weighted by Gasteiger charge is 2.26. The van der Waals surface area contributed by atoms with Crippen LogP contribution in [0.5, 0.6) is 0 Å². The summed E-state index contributed by atoms with van der Waals surface area (Å²) < 4.78 is 0. The van der Waals surface area contributed by atoms with E-state index in [-0.39, 0.29) is 24.1 Å². The molecular weight excluding hydrogens is 274 g/mol. The fourth-order valence-corrected chi connectivity index (χ4v) is 1.98. The number of nitrogens with zero attached hydrogens (tertiary/aromatic N) is 2. The standard InChI is InChI=1S/C14H17N3O4/c1-14(2,3)9-4-8(13(20)21)5-10(15-9)17-6-11(18)16-12(19)7-17/h4-5H,6-7H2,1-3H3,(H,20,21)(H,16,18,19). The second-order valence-corrected chi connectivity index (χ2v) is 5.98. The van der Waals surface area contributed by atoms with Crippen molar-refractivity contribution in [3.05, 3.63) is 23.4 Å². The molecule has 2 N–H and O–H groups in total. The van der Waals surface area contributed by atoms with Crippen LogP contribution in [0.25, 0.3) is 0 Å². The molecule has 7 heteroatoms. The van der Waals surface area contributed by atoms with Crippen molar-refractivity contribution in [2.45, 2.75) is 26.2 Å². The predicted molar refractivity (Wildman–Crippen MR) is 75.3 cm³/mol. The largest absolute Gasteiger partial charge is 0.478 e. The van der Waals surface area contributed by atoms with E-state index < -0.39 is 17.8 Å². The molecule has 1 saturated heterocycles. The van der Waals surface area contributed by atoms with Crippen molar-refractivity contribution in [3.8, 4) is 0 Å². The molecule has 0 radical (unpaired) electrons. The van der Waals surface area contributed by atoms with Crippen molar-refractivity contribution in [2.24, 2.45) is 0 Å². The third-order valence-corrected chi connectivity index (χ3v) is 3.10. The molecule has 1 aromatic rings. The minimum atomic E-state index is -1.07. The number of amides is 2. The van der Waals surface area contributed by atoms with Crippen LogP contribution in [0, 0.1) is 0 Å². The minimum Gasteiger partial charge on any atom is -0.478 e. The number of carbonyl (C=O) groups is 3. The third-order valence-electron chi connectivity index (χ3n) is 3.10. The van der Waals surface area contributed by atoms with Crippen LogP contribution in [0.3, 0.4) is 0 Å². The van der Waals surface area contributed by atoms with Gasteiger partial charge in [0.25, 0.3) is 0 Å². The molecule has 1 aliphatic heterocycles. The molecule has 1 aliphatic rings. The first-order valence-electron chi connectivity index (χ1n) is 6.50. The van der Waals surface area contributed by atoms with Gasteiger partial charge in [-0.3, -0.25) is 14.9 Å². The molecule has 0 saturated carbocycles. The molecule has 1 fully saturated rings. The Morgan fingerprint density at radius 2 is 1.81 bits per heavy atom. The van der Waals surface area contributed by atoms with Gasteiger partial charge in [-0.25, -0.2) is 9.78 Å². The van der Waals surface area contributed by atoms with Crippen LogP contribution in [-0.2, 0) is 15.0 Å². The average Bonchev–Trinajstić information content (AvgIpc) is 2.36. The lowest BCUT2D eigenvalue weighted by Gasteiger charge is -2.28. The van der Waals surface area contributed by atoms with Gasteiger partial charge in [0.1, 0.15) is 5.82 Å². The summed E-state index contributed by atoms with van der Waals surface area (Å²) in [6, 6.07) is 2.89. The van der Waals surface area contributed by atoms with Gasteiger partial charge >= 0.3 is 5.97 Å². The number of carboxylic acid groups (broad SMARTS) is 1. The number of aromatic nitrogens is 1. The van der Waals surface area contributed by atoms with Crippen LogP contribution >= 0.6 is 0 Å². The number of rotatable bonds is 2. The van der Waals surface area contributed by atoms with E-state index in [1.165, 1.54) is 17.0 Å². The molecule has 0 spiro atoms. The SMILES string of the molecule is CC(C)(C)c1cc(C(=O)O)cc(N2CC(=O)NC(=O)C2)n1. The maximum Gasteiger partial charge on any atom is 0.335 e. The number of hydrogen-bond acceptors (Lipinski definition) is 5. The normalized spacial score (nSPS) is 15.9. The summed E-state index contributed by atoms with van der Waals surface area (Å²) in [4.78, 5) is 40.0. The number of piperazine rings is 1. The lowest BCUT2D eigenvalue weighted by atomic mass is 9.90. The maximum atomic E-state index is 11.4. The Kier molecular flexibility index (Phi) is 3.67. The van der Waals surface area contributed by atoms with E-state index in [4.69, 9.17) is 0 Å². The van der Waals surface area contributed by atoms with Gasteiger partial charge in [0.05, 0.1) is 18.7 Å². The van der Waals surface area contributed by atoms with E-state index in [0.29, 0.717) is 11.5 Å². The number of aromatic carboxylic acids is 1. The highest BCUT2D eigenvalue weighted by atomic mass is 16.4. The fourth-order valence-electron chi connectivity index (χ4n) is 1.98. The van der Waals surface area contributed by atoms with E-state index in [1.807, 2.05) is 20.8 Å². The Bertz CT molecular complexity index is 603. The number of imide groups is 1. The van der Waals surface area contributed by atoms with Crippen molar-refractivity contribution < 1.29 is 19.5 Å². The van der Waals surface area contributed by atoms with Gasteiger partial charge in [0, 0.05) is 11.1 Å². The van der Waals surface area contributed by atoms with E-state index in [1.54, 1.807) is 0 Å². The van der Waals surface area contributed by atoms with Crippen LogP contribution in [-0.4, -0.2) is 41.0 Å². The summed E-state index contributed by atoms with van der Waals surface area (Å²) in [7, 11) is 0. The highest BCUT2D eigenvalue weighted by Crippen LogP contribution is 2.25. The zero-order valence-corrected chi connectivity index (χ0v) is 12.1. The van der Waals surface area contributed by atoms with Crippen molar-refractivity contribution in [1.29, 1.82) is 0 Å². The second-order valence-electron chi connectivity index (χ2n) is 5.98. The summed E-state index contributed by atoms with van der Waals surface area (Å²) in [6.45, 7) is 5.70. The molecule has 2 rings (SSSR count). The zero-order chi connectivity index (χ0) is 15.8. The summed E-state index contributed by atoms with van der Waals surface area (Å²) in [5.41, 5.74) is 0.335. The molecule has 0 aromatic carbocycles. The summed E-state index contributed by atoms with van der Waals surface area (Å²) in [5, 5.41) is 11.4. The van der Waals surface area contributed by atoms with Crippen LogP contribution in [0.1, 0.15) is 36.8 Å². The van der Waals surface area contributed by atoms with Crippen molar-refractivity contribution >= 4 is 23.6 Å². The molecule has 0 bridgehead atoms. The van der Waals surface area contributed by atoms with Crippen LogP contribution in [0.15, 0.2) is 12.1 Å². The maximum absolute atomic E-state index is 11.4. The number of anilines is 1. The number of carboxylic acids is 1. The second kappa shape index (κ2) is 5.16. The molecule has 0 aliphatic carbocycles. The Morgan fingerprint density at radius 1 is 1.24 bits per heavy atom. The predicted octanol–water partition coefficient (Wildman–Crippen LogP) is 0.540. The topological polar surface area (TPSA) is 99.6 Å². The van der Waals surface area contributed by atoms with Gasteiger partial charge in [-0.1, -0.05) is 20.8 Å². The molecule has 7 nitrogen and oxygen atoms in total. The summed E-state index contributed by atoms with van der Waals surface area (Å²) in [5.74, 6) is -1.60. The molecule has 0 atom stereocenters. The van der Waals surface area contributed by atoms with Gasteiger partial charge in [-0.05, 0) is 12.1 Å². The van der Waals surface area contributed by atoms with Gasteiger partial charge in [0.2, 0.25) is 11.8 Å². The lowest BCUT2D eigenvalue weighted by molar-refractivity contribution is -0.130. The van der Waals surface area contributed by atoms with E-state index in [9.17, 15) is 19.5 Å². The van der Waals surface area contributed by atoms with E-state index in [0.717, 1.165) is 0 Å². The number of pyridine rings is 1. The minimum absolute atomic E-state index is 0.0224. The van der Waals surface area contributed by atoms with Crippen LogP contribution in [0.4, 0.5) is 5.82 Å². The average molecular weight is 291 g/mol. The zero-order valence-electron chi connectivity index (χ0n) is 12.1. The molecule has 2 amide bonds. The molecule has 0 unspecified atom stereocenters. The molecule has 1 aromatic heterocycles. The third kappa shape index (κ3) is 3.36. The van der Waals surface area contributed by atoms with Crippen molar-refractivity contribution in [1.82, 2.24) is 10.3 Å². The van der Waals surface area contributed by atoms with Gasteiger partial charge < -0.3 is 10.0 Å². The first kappa shape index (κ1) is 15.0. The quantitative estimate of drug-likeness (QED) is 0.771. The lowest BCUT2D eigenvalue weighted by Crippen LogP contribution is -2.51. The molecule has 21 heavy (non-hydrogen) atoms. The van der Waals surface area contributed by atoms with Crippen molar-refractivity contribution in [3.63, 3.8) is 0 Å². The Labute approximate surface area is 122 Å². The molecule has 2 heterocycles. The molecular formula is C14H17N3O4. The van der Waals surface area contributed by atoms with Gasteiger partial charge in [-0.2, -0.15) is 0 Å². The molecule has 112 valence electrons. The van der Waals surface area contributed by atoms with Crippen molar-refractivity contribution in [2.75, 3.05) is 18.0 Å². The Balaban J connectivity index is 2.47. The Hall–Kier alpha value is -2.44. The number of nitrogens with one attached hydrogen (secondary N) is 1. The number of carbonyl (C=O) groups excluding carboxylic acids is 2. The summed E-state index contributed by atoms with van der Waals surface area (Å²) >= 11 is 0. The van der Waals surface area contributed by atoms with E-state index in [2.05, 4.69) is 10.3 Å². The first-order chi connectivity index (χ1) is 9.66.